The topological polar surface area (TPSA) is 72.7 Å². The predicted octanol–water partition coefficient (Wildman–Crippen LogP) is 4.79. The molecule has 0 aliphatic rings. The summed E-state index contributed by atoms with van der Waals surface area (Å²) in [6.45, 7) is 0. The summed E-state index contributed by atoms with van der Waals surface area (Å²) in [6, 6.07) is 16.8. The summed E-state index contributed by atoms with van der Waals surface area (Å²) >= 11 is 7.26. The average Bonchev–Trinajstić information content (AvgIpc) is 3.11. The third-order valence-electron chi connectivity index (χ3n) is 4.32. The molecule has 0 aliphatic carbocycles. The molecule has 28 heavy (non-hydrogen) atoms. The number of para-hydroxylation sites is 1. The second-order valence-electron chi connectivity index (χ2n) is 6.07. The Labute approximate surface area is 168 Å². The lowest BCUT2D eigenvalue weighted by molar-refractivity contribution is 0.968. The highest BCUT2D eigenvalue weighted by Crippen LogP contribution is 2.34. The fraction of sp³-hybridized carbons (Fsp3) is 0. The Balaban J connectivity index is 1.71. The van der Waals surface area contributed by atoms with E-state index in [0.29, 0.717) is 31.6 Å². The SMILES string of the molecule is O=c1c2sc3ncnc(Nc4ccccc4)c3c2ncn1-c1ccc(Cl)cc1. The molecular weight excluding hydrogens is 394 g/mol. The number of halogens is 1. The first-order valence-corrected chi connectivity index (χ1v) is 9.63. The number of thiophene rings is 1. The van der Waals surface area contributed by atoms with Crippen LogP contribution < -0.4 is 10.9 Å². The van der Waals surface area contributed by atoms with Crippen molar-refractivity contribution in [2.45, 2.75) is 0 Å². The van der Waals surface area contributed by atoms with Crippen LogP contribution in [0.3, 0.4) is 0 Å². The van der Waals surface area contributed by atoms with Gasteiger partial charge in [-0.25, -0.2) is 15.0 Å². The van der Waals surface area contributed by atoms with Crippen molar-refractivity contribution in [3.05, 3.63) is 82.6 Å². The molecule has 3 heterocycles. The summed E-state index contributed by atoms with van der Waals surface area (Å²) in [4.78, 5) is 27.0. The second kappa shape index (κ2) is 6.70. The van der Waals surface area contributed by atoms with Gasteiger partial charge in [-0.05, 0) is 36.4 Å². The van der Waals surface area contributed by atoms with Gasteiger partial charge in [-0.15, -0.1) is 11.3 Å². The highest BCUT2D eigenvalue weighted by molar-refractivity contribution is 7.25. The van der Waals surface area contributed by atoms with Crippen LogP contribution in [0.15, 0.2) is 72.0 Å². The molecule has 0 saturated carbocycles. The highest BCUT2D eigenvalue weighted by Gasteiger charge is 2.17. The summed E-state index contributed by atoms with van der Waals surface area (Å²) in [5.74, 6) is 0.624. The van der Waals surface area contributed by atoms with Crippen molar-refractivity contribution >= 4 is 54.9 Å². The standard InChI is InChI=1S/C20H12ClN5OS/c21-12-6-8-14(9-7-12)26-11-24-16-15-18(25-13-4-2-1-3-5-13)22-10-23-19(15)28-17(16)20(26)27/h1-11H,(H,22,23,25). The molecule has 6 nitrogen and oxygen atoms in total. The van der Waals surface area contributed by atoms with Crippen LogP contribution in [0.5, 0.6) is 0 Å². The molecule has 0 fully saturated rings. The first kappa shape index (κ1) is 16.9. The lowest BCUT2D eigenvalue weighted by Gasteiger charge is -2.07. The van der Waals surface area contributed by atoms with E-state index in [9.17, 15) is 4.79 Å². The number of benzene rings is 2. The van der Waals surface area contributed by atoms with E-state index in [0.717, 1.165) is 11.1 Å². The fourth-order valence-electron chi connectivity index (χ4n) is 3.00. The van der Waals surface area contributed by atoms with Crippen molar-refractivity contribution < 1.29 is 0 Å². The Morgan fingerprint density at radius 1 is 0.964 bits per heavy atom. The molecule has 0 saturated heterocycles. The zero-order valence-electron chi connectivity index (χ0n) is 14.3. The van der Waals surface area contributed by atoms with E-state index in [2.05, 4.69) is 20.3 Å². The van der Waals surface area contributed by atoms with Gasteiger partial charge < -0.3 is 5.32 Å². The zero-order chi connectivity index (χ0) is 19.1. The van der Waals surface area contributed by atoms with Gasteiger partial charge in [0.1, 0.15) is 33.5 Å². The van der Waals surface area contributed by atoms with Gasteiger partial charge in [0, 0.05) is 10.7 Å². The van der Waals surface area contributed by atoms with Crippen LogP contribution in [0.1, 0.15) is 0 Å². The van der Waals surface area contributed by atoms with Crippen molar-refractivity contribution in [2.24, 2.45) is 0 Å². The molecule has 0 amide bonds. The quantitative estimate of drug-likeness (QED) is 0.467. The van der Waals surface area contributed by atoms with E-state index in [4.69, 9.17) is 11.6 Å². The lowest BCUT2D eigenvalue weighted by atomic mass is 10.2. The molecule has 2 aromatic carbocycles. The predicted molar refractivity (Wildman–Crippen MR) is 113 cm³/mol. The number of nitrogens with one attached hydrogen (secondary N) is 1. The molecule has 8 heteroatoms. The molecular formula is C20H12ClN5OS. The van der Waals surface area contributed by atoms with Crippen LogP contribution in [-0.4, -0.2) is 19.5 Å². The monoisotopic (exact) mass is 405 g/mol. The minimum Gasteiger partial charge on any atom is -0.340 e. The van der Waals surface area contributed by atoms with Gasteiger partial charge in [0.05, 0.1) is 11.1 Å². The Hall–Kier alpha value is -3.29. The molecule has 5 rings (SSSR count). The maximum atomic E-state index is 13.1. The van der Waals surface area contributed by atoms with Crippen LogP contribution in [0.4, 0.5) is 11.5 Å². The molecule has 136 valence electrons. The third kappa shape index (κ3) is 2.81. The normalized spacial score (nSPS) is 11.2. The summed E-state index contributed by atoms with van der Waals surface area (Å²) in [7, 11) is 0. The Bertz CT molecular complexity index is 1360. The van der Waals surface area contributed by atoms with Crippen LogP contribution >= 0.6 is 22.9 Å². The first-order valence-electron chi connectivity index (χ1n) is 8.43. The van der Waals surface area contributed by atoms with Crippen molar-refractivity contribution in [2.75, 3.05) is 5.32 Å². The molecule has 0 spiro atoms. The Morgan fingerprint density at radius 2 is 1.75 bits per heavy atom. The second-order valence-corrected chi connectivity index (χ2v) is 7.50. The summed E-state index contributed by atoms with van der Waals surface area (Å²) in [5, 5.41) is 4.64. The minimum atomic E-state index is -0.152. The van der Waals surface area contributed by atoms with Crippen LogP contribution in [-0.2, 0) is 0 Å². The van der Waals surface area contributed by atoms with Crippen molar-refractivity contribution in [1.29, 1.82) is 0 Å². The maximum Gasteiger partial charge on any atom is 0.275 e. The van der Waals surface area contributed by atoms with E-state index in [-0.39, 0.29) is 5.56 Å². The van der Waals surface area contributed by atoms with Crippen molar-refractivity contribution in [3.8, 4) is 5.69 Å². The molecule has 3 aromatic heterocycles. The molecule has 0 unspecified atom stereocenters. The smallest absolute Gasteiger partial charge is 0.275 e. The first-order chi connectivity index (χ1) is 13.7. The largest absolute Gasteiger partial charge is 0.340 e. The van der Waals surface area contributed by atoms with Gasteiger partial charge in [0.25, 0.3) is 5.56 Å². The fourth-order valence-corrected chi connectivity index (χ4v) is 4.15. The van der Waals surface area contributed by atoms with Gasteiger partial charge in [-0.1, -0.05) is 29.8 Å². The van der Waals surface area contributed by atoms with E-state index in [1.165, 1.54) is 28.6 Å². The van der Waals surface area contributed by atoms with E-state index in [1.54, 1.807) is 24.3 Å². The summed E-state index contributed by atoms with van der Waals surface area (Å²) < 4.78 is 2.04. The number of rotatable bonds is 3. The molecule has 5 aromatic rings. The number of aromatic nitrogens is 4. The Kier molecular flexibility index (Phi) is 4.03. The lowest BCUT2D eigenvalue weighted by Crippen LogP contribution is -2.17. The zero-order valence-corrected chi connectivity index (χ0v) is 15.9. The molecule has 0 atom stereocenters. The molecule has 0 radical (unpaired) electrons. The number of hydrogen-bond acceptors (Lipinski definition) is 6. The van der Waals surface area contributed by atoms with E-state index in [1.807, 2.05) is 30.3 Å². The minimum absolute atomic E-state index is 0.152. The molecule has 0 aliphatic heterocycles. The van der Waals surface area contributed by atoms with E-state index >= 15 is 0 Å². The number of nitrogens with zero attached hydrogens (tertiary/aromatic N) is 4. The molecule has 0 bridgehead atoms. The Morgan fingerprint density at radius 3 is 2.54 bits per heavy atom. The van der Waals surface area contributed by atoms with Gasteiger partial charge >= 0.3 is 0 Å². The summed E-state index contributed by atoms with van der Waals surface area (Å²) in [6.07, 6.45) is 3.01. The molecule has 1 N–H and O–H groups in total. The van der Waals surface area contributed by atoms with Gasteiger partial charge in [-0.3, -0.25) is 9.36 Å². The number of hydrogen-bond donors (Lipinski definition) is 1. The van der Waals surface area contributed by atoms with Crippen LogP contribution in [0.2, 0.25) is 5.02 Å². The third-order valence-corrected chi connectivity index (χ3v) is 5.65. The van der Waals surface area contributed by atoms with Crippen molar-refractivity contribution in [3.63, 3.8) is 0 Å². The summed E-state index contributed by atoms with van der Waals surface area (Å²) in [5.41, 5.74) is 2.04. The van der Waals surface area contributed by atoms with Crippen molar-refractivity contribution in [1.82, 2.24) is 19.5 Å². The number of anilines is 2. The number of fused-ring (bicyclic) bond motifs is 3. The van der Waals surface area contributed by atoms with Gasteiger partial charge in [0.2, 0.25) is 0 Å². The van der Waals surface area contributed by atoms with Crippen LogP contribution in [0.25, 0.3) is 26.1 Å². The van der Waals surface area contributed by atoms with Gasteiger partial charge in [-0.2, -0.15) is 0 Å². The van der Waals surface area contributed by atoms with E-state index < -0.39 is 0 Å². The highest BCUT2D eigenvalue weighted by atomic mass is 35.5. The average molecular weight is 406 g/mol. The van der Waals surface area contributed by atoms with Crippen LogP contribution in [0, 0.1) is 0 Å². The van der Waals surface area contributed by atoms with Gasteiger partial charge in [0.15, 0.2) is 0 Å². The maximum absolute atomic E-state index is 13.1.